The predicted octanol–water partition coefficient (Wildman–Crippen LogP) is 3.40. The first kappa shape index (κ1) is 13.5. The fourth-order valence-electron chi connectivity index (χ4n) is 1.72. The maximum atomic E-state index is 3.64. The minimum Gasteiger partial charge on any atom is -0.372 e. The number of halogens is 1. The second-order valence-corrected chi connectivity index (χ2v) is 4.58. The van der Waals surface area contributed by atoms with Gasteiger partial charge in [-0.25, -0.2) is 0 Å². The maximum absolute atomic E-state index is 3.64. The normalized spacial score (nSPS) is 10.5. The minimum absolute atomic E-state index is 0.926. The fourth-order valence-corrected chi connectivity index (χ4v) is 2.23. The smallest absolute Gasteiger partial charge is 0.0377 e. The Hall–Kier alpha value is -0.540. The second kappa shape index (κ2) is 6.92. The van der Waals surface area contributed by atoms with Crippen LogP contribution in [0.5, 0.6) is 0 Å². The summed E-state index contributed by atoms with van der Waals surface area (Å²) in [6, 6.07) is 6.60. The lowest BCUT2D eigenvalue weighted by Gasteiger charge is -2.21. The average molecular weight is 285 g/mol. The molecule has 0 radical (unpaired) electrons. The maximum Gasteiger partial charge on any atom is 0.0377 e. The van der Waals surface area contributed by atoms with Crippen molar-refractivity contribution in [1.82, 2.24) is 5.32 Å². The van der Waals surface area contributed by atoms with Crippen LogP contribution in [0.2, 0.25) is 0 Å². The van der Waals surface area contributed by atoms with Gasteiger partial charge in [-0.15, -0.1) is 0 Å². The van der Waals surface area contributed by atoms with E-state index in [4.69, 9.17) is 0 Å². The first-order chi connectivity index (χ1) is 7.72. The zero-order valence-corrected chi connectivity index (χ0v) is 12.0. The van der Waals surface area contributed by atoms with Gasteiger partial charge in [-0.2, -0.15) is 0 Å². The van der Waals surface area contributed by atoms with Crippen molar-refractivity contribution in [1.29, 1.82) is 0 Å². The Bertz CT molecular complexity index is 322. The van der Waals surface area contributed by atoms with Gasteiger partial charge in [0.05, 0.1) is 0 Å². The van der Waals surface area contributed by atoms with Gasteiger partial charge < -0.3 is 10.2 Å². The highest BCUT2D eigenvalue weighted by Crippen LogP contribution is 2.24. The van der Waals surface area contributed by atoms with Crippen LogP contribution >= 0.6 is 15.9 Å². The van der Waals surface area contributed by atoms with E-state index in [9.17, 15) is 0 Å². The summed E-state index contributed by atoms with van der Waals surface area (Å²) in [6.45, 7) is 10.5. The molecule has 2 nitrogen and oxygen atoms in total. The lowest BCUT2D eigenvalue weighted by atomic mass is 10.2. The van der Waals surface area contributed by atoms with Crippen molar-refractivity contribution in [3.63, 3.8) is 0 Å². The van der Waals surface area contributed by atoms with E-state index in [-0.39, 0.29) is 0 Å². The van der Waals surface area contributed by atoms with Crippen LogP contribution in [-0.2, 0) is 6.54 Å². The molecule has 0 saturated carbocycles. The van der Waals surface area contributed by atoms with E-state index in [0.29, 0.717) is 0 Å². The summed E-state index contributed by atoms with van der Waals surface area (Å²) >= 11 is 3.64. The lowest BCUT2D eigenvalue weighted by molar-refractivity contribution is 0.724. The van der Waals surface area contributed by atoms with E-state index in [1.807, 2.05) is 0 Å². The summed E-state index contributed by atoms with van der Waals surface area (Å²) in [4.78, 5) is 2.35. The van der Waals surface area contributed by atoms with Crippen molar-refractivity contribution in [3.8, 4) is 0 Å². The molecule has 0 bridgehead atoms. The van der Waals surface area contributed by atoms with Gasteiger partial charge in [0.15, 0.2) is 0 Å². The van der Waals surface area contributed by atoms with Crippen molar-refractivity contribution >= 4 is 21.6 Å². The van der Waals surface area contributed by atoms with Crippen LogP contribution in [0.1, 0.15) is 26.3 Å². The van der Waals surface area contributed by atoms with Gasteiger partial charge >= 0.3 is 0 Å². The highest BCUT2D eigenvalue weighted by atomic mass is 79.9. The molecule has 0 saturated heterocycles. The Balaban J connectivity index is 2.81. The molecule has 0 aromatic heterocycles. The number of hydrogen-bond acceptors (Lipinski definition) is 2. The van der Waals surface area contributed by atoms with Gasteiger partial charge in [0.25, 0.3) is 0 Å². The zero-order chi connectivity index (χ0) is 12.0. The summed E-state index contributed by atoms with van der Waals surface area (Å²) in [5.41, 5.74) is 2.61. The monoisotopic (exact) mass is 284 g/mol. The van der Waals surface area contributed by atoms with Crippen LogP contribution in [-0.4, -0.2) is 19.6 Å². The molecule has 0 spiro atoms. The molecule has 16 heavy (non-hydrogen) atoms. The summed E-state index contributed by atoms with van der Waals surface area (Å²) in [7, 11) is 0. The summed E-state index contributed by atoms with van der Waals surface area (Å²) in [5, 5.41) is 3.34. The largest absolute Gasteiger partial charge is 0.372 e. The quantitative estimate of drug-likeness (QED) is 0.861. The SMILES string of the molecule is CCNCc1ccc(N(CC)CC)cc1Br. The topological polar surface area (TPSA) is 15.3 Å². The number of nitrogens with zero attached hydrogens (tertiary/aromatic N) is 1. The van der Waals surface area contributed by atoms with E-state index in [1.54, 1.807) is 0 Å². The van der Waals surface area contributed by atoms with E-state index in [1.165, 1.54) is 15.7 Å². The molecule has 90 valence electrons. The molecule has 1 aromatic rings. The molecule has 3 heteroatoms. The number of anilines is 1. The van der Waals surface area contributed by atoms with Crippen molar-refractivity contribution in [2.75, 3.05) is 24.5 Å². The fraction of sp³-hybridized carbons (Fsp3) is 0.538. The van der Waals surface area contributed by atoms with Gasteiger partial charge in [0.1, 0.15) is 0 Å². The third-order valence-electron chi connectivity index (χ3n) is 2.73. The summed E-state index contributed by atoms with van der Waals surface area (Å²) < 4.78 is 1.19. The molecule has 0 aliphatic rings. The molecule has 0 atom stereocenters. The Labute approximate surface area is 107 Å². The van der Waals surface area contributed by atoms with E-state index in [0.717, 1.165) is 26.2 Å². The number of benzene rings is 1. The Morgan fingerprint density at radius 1 is 1.19 bits per heavy atom. The predicted molar refractivity (Wildman–Crippen MR) is 75.1 cm³/mol. The first-order valence-electron chi connectivity index (χ1n) is 5.97. The molecule has 0 fully saturated rings. The van der Waals surface area contributed by atoms with Crippen LogP contribution in [0.25, 0.3) is 0 Å². The molecule has 1 aromatic carbocycles. The highest BCUT2D eigenvalue weighted by Gasteiger charge is 2.05. The lowest BCUT2D eigenvalue weighted by Crippen LogP contribution is -2.22. The molecule has 0 amide bonds. The van der Waals surface area contributed by atoms with E-state index >= 15 is 0 Å². The van der Waals surface area contributed by atoms with Crippen LogP contribution in [0.4, 0.5) is 5.69 Å². The first-order valence-corrected chi connectivity index (χ1v) is 6.76. The van der Waals surface area contributed by atoms with Gasteiger partial charge in [0, 0.05) is 29.8 Å². The minimum atomic E-state index is 0.926. The molecule has 0 heterocycles. The zero-order valence-electron chi connectivity index (χ0n) is 10.4. The highest BCUT2D eigenvalue weighted by molar-refractivity contribution is 9.10. The van der Waals surface area contributed by atoms with Crippen LogP contribution in [0, 0.1) is 0 Å². The number of nitrogens with one attached hydrogen (secondary N) is 1. The number of hydrogen-bond donors (Lipinski definition) is 1. The van der Waals surface area contributed by atoms with Gasteiger partial charge in [0.2, 0.25) is 0 Å². The molecule has 0 aliphatic carbocycles. The molecule has 1 N–H and O–H groups in total. The third kappa shape index (κ3) is 3.49. The van der Waals surface area contributed by atoms with E-state index < -0.39 is 0 Å². The van der Waals surface area contributed by atoms with Crippen LogP contribution in [0.15, 0.2) is 22.7 Å². The van der Waals surface area contributed by atoms with Gasteiger partial charge in [-0.3, -0.25) is 0 Å². The molecule has 0 aliphatic heterocycles. The number of rotatable bonds is 6. The Kier molecular flexibility index (Phi) is 5.85. The molecule has 1 rings (SSSR count). The van der Waals surface area contributed by atoms with Crippen molar-refractivity contribution in [2.45, 2.75) is 27.3 Å². The van der Waals surface area contributed by atoms with Crippen molar-refractivity contribution < 1.29 is 0 Å². The van der Waals surface area contributed by atoms with E-state index in [2.05, 4.69) is 65.1 Å². The average Bonchev–Trinajstić information content (AvgIpc) is 2.29. The van der Waals surface area contributed by atoms with Gasteiger partial charge in [-0.05, 0) is 38.1 Å². The second-order valence-electron chi connectivity index (χ2n) is 3.73. The standard InChI is InChI=1S/C13H21BrN2/c1-4-15-10-11-7-8-12(9-13(11)14)16(5-2)6-3/h7-9,15H,4-6,10H2,1-3H3. The molecule has 0 unspecified atom stereocenters. The van der Waals surface area contributed by atoms with Crippen molar-refractivity contribution in [2.24, 2.45) is 0 Å². The Morgan fingerprint density at radius 2 is 1.88 bits per heavy atom. The van der Waals surface area contributed by atoms with Gasteiger partial charge in [-0.1, -0.05) is 28.9 Å². The third-order valence-corrected chi connectivity index (χ3v) is 3.47. The molecular formula is C13H21BrN2. The van der Waals surface area contributed by atoms with Crippen molar-refractivity contribution in [3.05, 3.63) is 28.2 Å². The van der Waals surface area contributed by atoms with Crippen LogP contribution < -0.4 is 10.2 Å². The summed E-state index contributed by atoms with van der Waals surface area (Å²) in [5.74, 6) is 0. The Morgan fingerprint density at radius 3 is 2.38 bits per heavy atom. The van der Waals surface area contributed by atoms with Crippen LogP contribution in [0.3, 0.4) is 0 Å². The molecular weight excluding hydrogens is 264 g/mol. The summed E-state index contributed by atoms with van der Waals surface area (Å²) in [6.07, 6.45) is 0.